The standard InChI is InChI=1S/C24H27N5O/c30-24(21-10-8-19(9-11-21)18-27-13-4-5-14-27)28-15-12-22-25-23(26-29(22)17-16-28)20-6-2-1-3-7-20/h1-3,6-11H,4-5,12-18H2. The lowest BCUT2D eigenvalue weighted by Crippen LogP contribution is -2.33. The van der Waals surface area contributed by atoms with Crippen LogP contribution in [0.3, 0.4) is 0 Å². The highest BCUT2D eigenvalue weighted by atomic mass is 16.2. The van der Waals surface area contributed by atoms with Crippen molar-refractivity contribution in [2.24, 2.45) is 0 Å². The van der Waals surface area contributed by atoms with E-state index in [4.69, 9.17) is 4.98 Å². The maximum absolute atomic E-state index is 13.0. The molecule has 30 heavy (non-hydrogen) atoms. The van der Waals surface area contributed by atoms with Crippen molar-refractivity contribution < 1.29 is 4.79 Å². The van der Waals surface area contributed by atoms with Crippen LogP contribution in [0.2, 0.25) is 0 Å². The molecule has 1 amide bonds. The molecule has 1 fully saturated rings. The summed E-state index contributed by atoms with van der Waals surface area (Å²) < 4.78 is 1.95. The highest BCUT2D eigenvalue weighted by molar-refractivity contribution is 5.94. The summed E-state index contributed by atoms with van der Waals surface area (Å²) >= 11 is 0. The van der Waals surface area contributed by atoms with E-state index < -0.39 is 0 Å². The van der Waals surface area contributed by atoms with E-state index in [1.54, 1.807) is 0 Å². The molecule has 0 aliphatic carbocycles. The average molecular weight is 402 g/mol. The Bertz CT molecular complexity index is 980. The Morgan fingerprint density at radius 3 is 2.40 bits per heavy atom. The quantitative estimate of drug-likeness (QED) is 0.674. The van der Waals surface area contributed by atoms with Gasteiger partial charge in [0.25, 0.3) is 5.91 Å². The maximum atomic E-state index is 13.0. The number of amides is 1. The van der Waals surface area contributed by atoms with E-state index in [9.17, 15) is 4.79 Å². The third-order valence-electron chi connectivity index (χ3n) is 6.06. The molecule has 0 bridgehead atoms. The molecule has 0 saturated carbocycles. The smallest absolute Gasteiger partial charge is 0.253 e. The summed E-state index contributed by atoms with van der Waals surface area (Å²) in [4.78, 5) is 22.2. The number of benzene rings is 2. The van der Waals surface area contributed by atoms with Crippen LogP contribution in [0.5, 0.6) is 0 Å². The summed E-state index contributed by atoms with van der Waals surface area (Å²) in [6.45, 7) is 5.34. The van der Waals surface area contributed by atoms with Gasteiger partial charge >= 0.3 is 0 Å². The predicted octanol–water partition coefficient (Wildman–Crippen LogP) is 3.24. The van der Waals surface area contributed by atoms with E-state index in [1.165, 1.54) is 31.5 Å². The minimum Gasteiger partial charge on any atom is -0.336 e. The summed E-state index contributed by atoms with van der Waals surface area (Å²) in [5.74, 6) is 1.81. The molecule has 6 nitrogen and oxygen atoms in total. The molecule has 0 radical (unpaired) electrons. The number of rotatable bonds is 4. The molecule has 1 aromatic heterocycles. The third-order valence-corrected chi connectivity index (χ3v) is 6.06. The molecule has 0 spiro atoms. The molecule has 2 aliphatic rings. The van der Waals surface area contributed by atoms with Gasteiger partial charge in [0.15, 0.2) is 5.82 Å². The van der Waals surface area contributed by atoms with Crippen LogP contribution in [0, 0.1) is 0 Å². The lowest BCUT2D eigenvalue weighted by atomic mass is 10.1. The van der Waals surface area contributed by atoms with Gasteiger partial charge in [-0.15, -0.1) is 0 Å². The van der Waals surface area contributed by atoms with Gasteiger partial charge in [0.2, 0.25) is 0 Å². The van der Waals surface area contributed by atoms with Crippen molar-refractivity contribution in [3.8, 4) is 11.4 Å². The van der Waals surface area contributed by atoms with Gasteiger partial charge in [0.05, 0.1) is 6.54 Å². The molecule has 1 saturated heterocycles. The third kappa shape index (κ3) is 4.00. The second-order valence-electron chi connectivity index (χ2n) is 8.16. The average Bonchev–Trinajstić information content (AvgIpc) is 3.41. The van der Waals surface area contributed by atoms with Gasteiger partial charge in [0.1, 0.15) is 5.82 Å². The molecular weight excluding hydrogens is 374 g/mol. The molecule has 0 atom stereocenters. The number of nitrogens with zero attached hydrogens (tertiary/aromatic N) is 5. The first-order chi connectivity index (χ1) is 14.8. The summed E-state index contributed by atoms with van der Waals surface area (Å²) in [6, 6.07) is 18.2. The number of carbonyl (C=O) groups excluding carboxylic acids is 1. The van der Waals surface area contributed by atoms with Crippen LogP contribution in [0.4, 0.5) is 0 Å². The summed E-state index contributed by atoms with van der Waals surface area (Å²) in [5, 5.41) is 4.67. The number of fused-ring (bicyclic) bond motifs is 1. The Labute approximate surface area is 177 Å². The van der Waals surface area contributed by atoms with Gasteiger partial charge in [-0.05, 0) is 43.6 Å². The molecular formula is C24H27N5O. The molecule has 2 aliphatic heterocycles. The van der Waals surface area contributed by atoms with Crippen molar-refractivity contribution in [1.29, 1.82) is 0 Å². The minimum atomic E-state index is 0.0942. The highest BCUT2D eigenvalue weighted by Gasteiger charge is 2.22. The fourth-order valence-corrected chi connectivity index (χ4v) is 4.35. The molecule has 2 aromatic carbocycles. The van der Waals surface area contributed by atoms with Crippen LogP contribution in [0.25, 0.3) is 11.4 Å². The van der Waals surface area contributed by atoms with E-state index >= 15 is 0 Å². The van der Waals surface area contributed by atoms with E-state index in [0.717, 1.165) is 35.7 Å². The first-order valence-corrected chi connectivity index (χ1v) is 10.9. The Hall–Kier alpha value is -2.99. The molecule has 6 heteroatoms. The topological polar surface area (TPSA) is 54.3 Å². The SMILES string of the molecule is O=C(c1ccc(CN2CCCC2)cc1)N1CCc2nc(-c3ccccc3)nn2CC1. The number of hydrogen-bond acceptors (Lipinski definition) is 4. The van der Waals surface area contributed by atoms with Crippen LogP contribution in [0.1, 0.15) is 34.6 Å². The zero-order valence-electron chi connectivity index (χ0n) is 17.2. The lowest BCUT2D eigenvalue weighted by Gasteiger charge is -2.20. The maximum Gasteiger partial charge on any atom is 0.253 e. The monoisotopic (exact) mass is 401 g/mol. The number of carbonyl (C=O) groups is 1. The Balaban J connectivity index is 1.23. The predicted molar refractivity (Wildman–Crippen MR) is 116 cm³/mol. The molecule has 0 unspecified atom stereocenters. The van der Waals surface area contributed by atoms with Crippen LogP contribution in [-0.2, 0) is 19.5 Å². The molecule has 3 heterocycles. The summed E-state index contributed by atoms with van der Waals surface area (Å²) in [5.41, 5.74) is 3.07. The fraction of sp³-hybridized carbons (Fsp3) is 0.375. The van der Waals surface area contributed by atoms with Crippen molar-refractivity contribution in [1.82, 2.24) is 24.6 Å². The van der Waals surface area contributed by atoms with Gasteiger partial charge < -0.3 is 4.90 Å². The largest absolute Gasteiger partial charge is 0.336 e. The van der Waals surface area contributed by atoms with Crippen molar-refractivity contribution in [2.75, 3.05) is 26.2 Å². The highest BCUT2D eigenvalue weighted by Crippen LogP contribution is 2.18. The summed E-state index contributed by atoms with van der Waals surface area (Å²) in [6.07, 6.45) is 3.31. The van der Waals surface area contributed by atoms with Gasteiger partial charge in [-0.1, -0.05) is 42.5 Å². The molecule has 5 rings (SSSR count). The first-order valence-electron chi connectivity index (χ1n) is 10.9. The molecule has 0 N–H and O–H groups in total. The number of hydrogen-bond donors (Lipinski definition) is 0. The van der Waals surface area contributed by atoms with E-state index in [2.05, 4.69) is 22.1 Å². The minimum absolute atomic E-state index is 0.0942. The number of likely N-dealkylation sites (tertiary alicyclic amines) is 1. The van der Waals surface area contributed by atoms with Crippen LogP contribution >= 0.6 is 0 Å². The van der Waals surface area contributed by atoms with Gasteiger partial charge in [-0.3, -0.25) is 9.69 Å². The van der Waals surface area contributed by atoms with Crippen LogP contribution in [-0.4, -0.2) is 56.7 Å². The van der Waals surface area contributed by atoms with Gasteiger partial charge in [-0.25, -0.2) is 9.67 Å². The van der Waals surface area contributed by atoms with Crippen molar-refractivity contribution in [2.45, 2.75) is 32.4 Å². The van der Waals surface area contributed by atoms with E-state index in [-0.39, 0.29) is 5.91 Å². The fourth-order valence-electron chi connectivity index (χ4n) is 4.35. The van der Waals surface area contributed by atoms with Gasteiger partial charge in [-0.2, -0.15) is 5.10 Å². The van der Waals surface area contributed by atoms with Crippen LogP contribution < -0.4 is 0 Å². The normalized spacial score (nSPS) is 17.0. The summed E-state index contributed by atoms with van der Waals surface area (Å²) in [7, 11) is 0. The zero-order chi connectivity index (χ0) is 20.3. The van der Waals surface area contributed by atoms with Crippen molar-refractivity contribution >= 4 is 5.91 Å². The Morgan fingerprint density at radius 1 is 0.867 bits per heavy atom. The van der Waals surface area contributed by atoms with E-state index in [0.29, 0.717) is 19.6 Å². The van der Waals surface area contributed by atoms with Crippen molar-refractivity contribution in [3.63, 3.8) is 0 Å². The second kappa shape index (κ2) is 8.40. The van der Waals surface area contributed by atoms with Crippen molar-refractivity contribution in [3.05, 3.63) is 71.5 Å². The molecule has 154 valence electrons. The second-order valence-corrected chi connectivity index (χ2v) is 8.16. The Morgan fingerprint density at radius 2 is 1.63 bits per heavy atom. The number of aromatic nitrogens is 3. The zero-order valence-corrected chi connectivity index (χ0v) is 17.2. The van der Waals surface area contributed by atoms with E-state index in [1.807, 2.05) is 52.0 Å². The first kappa shape index (κ1) is 19.0. The van der Waals surface area contributed by atoms with Gasteiger partial charge in [0, 0.05) is 37.2 Å². The Kier molecular flexibility index (Phi) is 5.32. The molecule has 3 aromatic rings. The van der Waals surface area contributed by atoms with Crippen LogP contribution in [0.15, 0.2) is 54.6 Å². The lowest BCUT2D eigenvalue weighted by molar-refractivity contribution is 0.0758.